The van der Waals surface area contributed by atoms with Gasteiger partial charge in [0.1, 0.15) is 17.0 Å². The Morgan fingerprint density at radius 3 is 2.80 bits per heavy atom. The van der Waals surface area contributed by atoms with Crippen LogP contribution in [0.25, 0.3) is 10.2 Å². The summed E-state index contributed by atoms with van der Waals surface area (Å²) < 4.78 is 28.0. The predicted octanol–water partition coefficient (Wildman–Crippen LogP) is 0.870. The van der Waals surface area contributed by atoms with E-state index in [1.807, 2.05) is 0 Å². The predicted molar refractivity (Wildman–Crippen MR) is 78.9 cm³/mol. The van der Waals surface area contributed by atoms with Gasteiger partial charge in [0.2, 0.25) is 5.91 Å². The average Bonchev–Trinajstić information content (AvgIpc) is 2.66. The third kappa shape index (κ3) is 3.36. The van der Waals surface area contributed by atoms with Crippen molar-refractivity contribution in [1.29, 1.82) is 0 Å². The lowest BCUT2D eigenvalue weighted by atomic mass is 10.3. The molecule has 1 amide bonds. The Hall–Kier alpha value is -1.87. The Morgan fingerprint density at radius 1 is 1.50 bits per heavy atom. The first-order valence-corrected chi connectivity index (χ1v) is 8.38. The highest BCUT2D eigenvalue weighted by Crippen LogP contribution is 2.34. The monoisotopic (exact) mass is 315 g/mol. The van der Waals surface area contributed by atoms with E-state index in [0.717, 1.165) is 11.0 Å². The van der Waals surface area contributed by atoms with Crippen molar-refractivity contribution in [3.63, 3.8) is 0 Å². The molecule has 0 atom stereocenters. The molecule has 0 radical (unpaired) electrons. The van der Waals surface area contributed by atoms with Crippen LogP contribution in [-0.4, -0.2) is 38.4 Å². The van der Waals surface area contributed by atoms with E-state index >= 15 is 0 Å². The maximum atomic E-state index is 11.5. The maximum absolute atomic E-state index is 11.5. The second-order valence-electron chi connectivity index (χ2n) is 4.21. The number of anilines is 2. The average molecular weight is 315 g/mol. The van der Waals surface area contributed by atoms with Crippen LogP contribution in [0.1, 0.15) is 0 Å². The Labute approximate surface area is 119 Å². The molecule has 3 N–H and O–H groups in total. The zero-order valence-corrected chi connectivity index (χ0v) is 12.5. The highest BCUT2D eigenvalue weighted by Gasteiger charge is 2.15. The summed E-state index contributed by atoms with van der Waals surface area (Å²) in [7, 11) is -1.88. The lowest BCUT2D eigenvalue weighted by Gasteiger charge is -2.01. The van der Waals surface area contributed by atoms with Crippen LogP contribution in [0.2, 0.25) is 0 Å². The van der Waals surface area contributed by atoms with Crippen molar-refractivity contribution in [3.05, 3.63) is 12.1 Å². The minimum atomic E-state index is -3.37. The molecule has 0 saturated carbocycles. The molecule has 2 aromatic rings. The second kappa shape index (κ2) is 5.25. The van der Waals surface area contributed by atoms with Crippen LogP contribution in [0, 0.1) is 0 Å². The summed E-state index contributed by atoms with van der Waals surface area (Å²) in [6.07, 6.45) is 0.995. The molecule has 0 fully saturated rings. The third-order valence-electron chi connectivity index (χ3n) is 2.34. The minimum Gasteiger partial charge on any atom is -0.494 e. The fourth-order valence-corrected chi connectivity index (χ4v) is 3.12. The van der Waals surface area contributed by atoms with Crippen LogP contribution < -0.4 is 15.8 Å². The van der Waals surface area contributed by atoms with E-state index in [1.54, 1.807) is 12.1 Å². The number of hydrogen-bond acceptors (Lipinski definition) is 7. The molecule has 0 unspecified atom stereocenters. The van der Waals surface area contributed by atoms with Crippen molar-refractivity contribution in [3.8, 4) is 5.75 Å². The van der Waals surface area contributed by atoms with Gasteiger partial charge in [-0.15, -0.1) is 0 Å². The molecule has 0 spiro atoms. The molecule has 1 heterocycles. The number of nitrogens with zero attached hydrogens (tertiary/aromatic N) is 1. The minimum absolute atomic E-state index is 0.303. The fraction of sp³-hybridized carbons (Fsp3) is 0.273. The molecule has 108 valence electrons. The molecule has 1 aromatic carbocycles. The van der Waals surface area contributed by atoms with E-state index in [0.29, 0.717) is 22.1 Å². The smallest absolute Gasteiger partial charge is 0.241 e. The Morgan fingerprint density at radius 2 is 2.20 bits per heavy atom. The van der Waals surface area contributed by atoms with E-state index in [9.17, 15) is 13.2 Å². The summed E-state index contributed by atoms with van der Waals surface area (Å²) in [4.78, 5) is 15.8. The molecule has 0 aliphatic rings. The molecular formula is C11H13N3O4S2. The molecule has 7 nitrogen and oxygen atoms in total. The highest BCUT2D eigenvalue weighted by molar-refractivity contribution is 7.91. The Bertz CT molecular complexity index is 767. The molecule has 2 rings (SSSR count). The molecule has 20 heavy (non-hydrogen) atoms. The Kier molecular flexibility index (Phi) is 3.82. The first-order valence-electron chi connectivity index (χ1n) is 5.50. The third-order valence-corrected chi connectivity index (χ3v) is 4.05. The number of nitrogens with two attached hydrogens (primary N) is 1. The SMILES string of the molecule is COc1cc(N)cc2sc(NC(=O)CS(C)(=O)=O)nc12. The topological polar surface area (TPSA) is 111 Å². The number of nitrogens with one attached hydrogen (secondary N) is 1. The summed E-state index contributed by atoms with van der Waals surface area (Å²) in [5.41, 5.74) is 6.82. The molecule has 9 heteroatoms. The molecule has 0 aliphatic carbocycles. The number of carbonyl (C=O) groups is 1. The van der Waals surface area contributed by atoms with Gasteiger partial charge in [-0.05, 0) is 6.07 Å². The van der Waals surface area contributed by atoms with E-state index in [1.165, 1.54) is 18.4 Å². The van der Waals surface area contributed by atoms with Crippen LogP contribution in [0.3, 0.4) is 0 Å². The number of fused-ring (bicyclic) bond motifs is 1. The van der Waals surface area contributed by atoms with Crippen LogP contribution in [0.4, 0.5) is 10.8 Å². The van der Waals surface area contributed by atoms with E-state index in [2.05, 4.69) is 10.3 Å². The van der Waals surface area contributed by atoms with Gasteiger partial charge < -0.3 is 15.8 Å². The fourth-order valence-electron chi connectivity index (χ4n) is 1.62. The number of carbonyl (C=O) groups excluding carboxylic acids is 1. The van der Waals surface area contributed by atoms with Crippen molar-refractivity contribution >= 4 is 48.1 Å². The lowest BCUT2D eigenvalue weighted by molar-refractivity contribution is -0.113. The molecular weight excluding hydrogens is 302 g/mol. The zero-order valence-electron chi connectivity index (χ0n) is 10.8. The van der Waals surface area contributed by atoms with E-state index in [4.69, 9.17) is 10.5 Å². The molecule has 0 aliphatic heterocycles. The standard InChI is InChI=1S/C11H13N3O4S2/c1-18-7-3-6(12)4-8-10(7)14-11(19-8)13-9(15)5-20(2,16)17/h3-4H,5,12H2,1-2H3,(H,13,14,15). The summed E-state index contributed by atoms with van der Waals surface area (Å²) in [6, 6.07) is 3.34. The van der Waals surface area contributed by atoms with Gasteiger partial charge in [0, 0.05) is 18.0 Å². The number of methoxy groups -OCH3 is 1. The van der Waals surface area contributed by atoms with Crippen molar-refractivity contribution in [1.82, 2.24) is 4.98 Å². The first kappa shape index (κ1) is 14.5. The van der Waals surface area contributed by atoms with Crippen LogP contribution >= 0.6 is 11.3 Å². The number of hydrogen-bond donors (Lipinski definition) is 2. The molecule has 0 bridgehead atoms. The van der Waals surface area contributed by atoms with Gasteiger partial charge in [-0.1, -0.05) is 11.3 Å². The van der Waals surface area contributed by atoms with Crippen LogP contribution in [-0.2, 0) is 14.6 Å². The quantitative estimate of drug-likeness (QED) is 0.810. The molecule has 0 saturated heterocycles. The number of nitrogen functional groups attached to an aromatic ring is 1. The van der Waals surface area contributed by atoms with Crippen molar-refractivity contribution in [2.24, 2.45) is 0 Å². The largest absolute Gasteiger partial charge is 0.494 e. The number of rotatable bonds is 4. The number of thiazole rings is 1. The van der Waals surface area contributed by atoms with Gasteiger partial charge >= 0.3 is 0 Å². The number of benzene rings is 1. The van der Waals surface area contributed by atoms with Crippen LogP contribution in [0.5, 0.6) is 5.75 Å². The zero-order chi connectivity index (χ0) is 14.9. The number of sulfone groups is 1. The number of aromatic nitrogens is 1. The number of ether oxygens (including phenoxy) is 1. The summed E-state index contributed by atoms with van der Waals surface area (Å²) in [5, 5.41) is 2.75. The van der Waals surface area contributed by atoms with E-state index < -0.39 is 21.5 Å². The van der Waals surface area contributed by atoms with Gasteiger partial charge in [-0.25, -0.2) is 13.4 Å². The van der Waals surface area contributed by atoms with Crippen molar-refractivity contribution in [2.45, 2.75) is 0 Å². The summed E-state index contributed by atoms with van der Waals surface area (Å²) in [6.45, 7) is 0. The molecule has 1 aromatic heterocycles. The Balaban J connectivity index is 2.31. The van der Waals surface area contributed by atoms with E-state index in [-0.39, 0.29) is 0 Å². The highest BCUT2D eigenvalue weighted by atomic mass is 32.2. The van der Waals surface area contributed by atoms with Crippen molar-refractivity contribution < 1.29 is 17.9 Å². The van der Waals surface area contributed by atoms with Gasteiger partial charge in [-0.2, -0.15) is 0 Å². The number of amides is 1. The van der Waals surface area contributed by atoms with Crippen LogP contribution in [0.15, 0.2) is 12.1 Å². The first-order chi connectivity index (χ1) is 9.28. The second-order valence-corrected chi connectivity index (χ2v) is 7.38. The summed E-state index contributed by atoms with van der Waals surface area (Å²) in [5.74, 6) is -0.708. The van der Waals surface area contributed by atoms with Gasteiger partial charge in [0.15, 0.2) is 15.0 Å². The maximum Gasteiger partial charge on any atom is 0.241 e. The van der Waals surface area contributed by atoms with Gasteiger partial charge in [0.25, 0.3) is 0 Å². The normalized spacial score (nSPS) is 11.5. The summed E-state index contributed by atoms with van der Waals surface area (Å²) >= 11 is 1.20. The van der Waals surface area contributed by atoms with Gasteiger partial charge in [-0.3, -0.25) is 4.79 Å². The van der Waals surface area contributed by atoms with Crippen molar-refractivity contribution in [2.75, 3.05) is 30.2 Å². The lowest BCUT2D eigenvalue weighted by Crippen LogP contribution is -2.21. The van der Waals surface area contributed by atoms with Gasteiger partial charge in [0.05, 0.1) is 11.8 Å².